The van der Waals surface area contributed by atoms with E-state index >= 15 is 0 Å². The van der Waals surface area contributed by atoms with Crippen LogP contribution in [0.4, 0.5) is 20.2 Å². The summed E-state index contributed by atoms with van der Waals surface area (Å²) in [5, 5.41) is 2.38. The van der Waals surface area contributed by atoms with Crippen molar-refractivity contribution >= 4 is 27.3 Å². The first-order valence-electron chi connectivity index (χ1n) is 7.00. The highest BCUT2D eigenvalue weighted by atomic mass is 32.2. The van der Waals surface area contributed by atoms with Crippen molar-refractivity contribution in [2.75, 3.05) is 15.9 Å². The summed E-state index contributed by atoms with van der Waals surface area (Å²) in [6, 6.07) is 9.93. The second-order valence-electron chi connectivity index (χ2n) is 5.19. The summed E-state index contributed by atoms with van der Waals surface area (Å²) in [5.41, 5.74) is 0.361. The van der Waals surface area contributed by atoms with E-state index in [0.29, 0.717) is 5.69 Å². The predicted octanol–water partition coefficient (Wildman–Crippen LogP) is 2.76. The van der Waals surface area contributed by atoms with Gasteiger partial charge in [-0.05, 0) is 31.2 Å². The van der Waals surface area contributed by atoms with Gasteiger partial charge in [-0.15, -0.1) is 0 Å². The molecule has 0 bridgehead atoms. The lowest BCUT2D eigenvalue weighted by Crippen LogP contribution is -2.45. The summed E-state index contributed by atoms with van der Waals surface area (Å²) < 4.78 is 51.2. The standard InChI is InChI=1S/C16H16F2N2O3S/c1-11(16(21)19-12-8-9-14(17)15(18)10-12)20(24(2,22)23)13-6-4-3-5-7-13/h3-11H,1-2H3,(H,19,21)/t11-/m0/s1. The zero-order valence-corrected chi connectivity index (χ0v) is 13.8. The van der Waals surface area contributed by atoms with Crippen molar-refractivity contribution in [1.82, 2.24) is 0 Å². The molecule has 0 heterocycles. The van der Waals surface area contributed by atoms with Crippen LogP contribution in [-0.2, 0) is 14.8 Å². The van der Waals surface area contributed by atoms with E-state index in [4.69, 9.17) is 0 Å². The Morgan fingerprint density at radius 3 is 2.25 bits per heavy atom. The molecular formula is C16H16F2N2O3S. The van der Waals surface area contributed by atoms with Crippen LogP contribution in [0, 0.1) is 11.6 Å². The van der Waals surface area contributed by atoms with E-state index in [0.717, 1.165) is 22.7 Å². The molecule has 0 fully saturated rings. The van der Waals surface area contributed by atoms with E-state index in [2.05, 4.69) is 5.32 Å². The van der Waals surface area contributed by atoms with Crippen molar-refractivity contribution in [2.24, 2.45) is 0 Å². The van der Waals surface area contributed by atoms with Crippen molar-refractivity contribution in [3.05, 3.63) is 60.2 Å². The Labute approximate surface area is 139 Å². The predicted molar refractivity (Wildman–Crippen MR) is 88.2 cm³/mol. The minimum Gasteiger partial charge on any atom is -0.324 e. The van der Waals surface area contributed by atoms with Crippen LogP contribution >= 0.6 is 0 Å². The summed E-state index contributed by atoms with van der Waals surface area (Å²) in [6.45, 7) is 1.41. The van der Waals surface area contributed by atoms with E-state index < -0.39 is 33.6 Å². The van der Waals surface area contributed by atoms with E-state index in [9.17, 15) is 22.0 Å². The van der Waals surface area contributed by atoms with Gasteiger partial charge in [0.25, 0.3) is 0 Å². The number of halogens is 2. The lowest BCUT2D eigenvalue weighted by Gasteiger charge is -2.28. The second-order valence-corrected chi connectivity index (χ2v) is 7.05. The van der Waals surface area contributed by atoms with Gasteiger partial charge in [-0.3, -0.25) is 9.10 Å². The Kier molecular flexibility index (Phi) is 5.18. The van der Waals surface area contributed by atoms with Gasteiger partial charge >= 0.3 is 0 Å². The number of nitrogens with one attached hydrogen (secondary N) is 1. The molecule has 0 aromatic heterocycles. The fourth-order valence-corrected chi connectivity index (χ4v) is 3.38. The molecule has 0 unspecified atom stereocenters. The van der Waals surface area contributed by atoms with Crippen molar-refractivity contribution in [3.8, 4) is 0 Å². The number of nitrogens with zero attached hydrogens (tertiary/aromatic N) is 1. The molecule has 0 aliphatic carbocycles. The molecule has 0 aliphatic rings. The molecule has 0 saturated heterocycles. The number of rotatable bonds is 5. The zero-order valence-electron chi connectivity index (χ0n) is 13.0. The summed E-state index contributed by atoms with van der Waals surface area (Å²) in [6.07, 6.45) is 0.987. The van der Waals surface area contributed by atoms with Crippen LogP contribution in [0.5, 0.6) is 0 Å². The van der Waals surface area contributed by atoms with Gasteiger partial charge in [0, 0.05) is 11.8 Å². The van der Waals surface area contributed by atoms with Gasteiger partial charge in [0.1, 0.15) is 6.04 Å². The maximum atomic E-state index is 13.2. The van der Waals surface area contributed by atoms with Gasteiger partial charge in [0.2, 0.25) is 15.9 Å². The van der Waals surface area contributed by atoms with Crippen molar-refractivity contribution < 1.29 is 22.0 Å². The molecule has 2 rings (SSSR count). The fraction of sp³-hybridized carbons (Fsp3) is 0.188. The van der Waals surface area contributed by atoms with Crippen LogP contribution in [0.3, 0.4) is 0 Å². The number of hydrogen-bond acceptors (Lipinski definition) is 3. The number of carbonyl (C=O) groups excluding carboxylic acids is 1. The number of benzene rings is 2. The molecule has 0 saturated carbocycles. The SMILES string of the molecule is C[C@@H](C(=O)Nc1ccc(F)c(F)c1)N(c1ccccc1)S(C)(=O)=O. The molecular weight excluding hydrogens is 338 g/mol. The highest BCUT2D eigenvalue weighted by Crippen LogP contribution is 2.21. The van der Waals surface area contributed by atoms with E-state index in [1.807, 2.05) is 0 Å². The number of amides is 1. The number of sulfonamides is 1. The van der Waals surface area contributed by atoms with Gasteiger partial charge in [-0.1, -0.05) is 18.2 Å². The average molecular weight is 354 g/mol. The summed E-state index contributed by atoms with van der Waals surface area (Å²) in [5.74, 6) is -2.82. The van der Waals surface area contributed by atoms with Crippen LogP contribution in [-0.4, -0.2) is 26.6 Å². The minimum absolute atomic E-state index is 0.0345. The molecule has 0 spiro atoms. The first kappa shape index (κ1) is 17.9. The number of anilines is 2. The Bertz CT molecular complexity index is 842. The molecule has 1 atom stereocenters. The Balaban J connectivity index is 2.27. The largest absolute Gasteiger partial charge is 0.324 e. The van der Waals surface area contributed by atoms with Gasteiger partial charge in [-0.25, -0.2) is 17.2 Å². The molecule has 8 heteroatoms. The molecule has 1 amide bonds. The van der Waals surface area contributed by atoms with Gasteiger partial charge in [0.05, 0.1) is 11.9 Å². The first-order valence-corrected chi connectivity index (χ1v) is 8.85. The summed E-state index contributed by atoms with van der Waals surface area (Å²) >= 11 is 0. The van der Waals surface area contributed by atoms with Crippen LogP contribution in [0.25, 0.3) is 0 Å². The average Bonchev–Trinajstić information content (AvgIpc) is 2.50. The van der Waals surface area contributed by atoms with Crippen LogP contribution in [0.15, 0.2) is 48.5 Å². The Morgan fingerprint density at radius 2 is 1.71 bits per heavy atom. The number of hydrogen-bond donors (Lipinski definition) is 1. The Hall–Kier alpha value is -2.48. The van der Waals surface area contributed by atoms with Crippen molar-refractivity contribution in [3.63, 3.8) is 0 Å². The van der Waals surface area contributed by atoms with Crippen LogP contribution in [0.1, 0.15) is 6.92 Å². The monoisotopic (exact) mass is 354 g/mol. The minimum atomic E-state index is -3.73. The number of carbonyl (C=O) groups is 1. The van der Waals surface area contributed by atoms with E-state index in [1.54, 1.807) is 30.3 Å². The van der Waals surface area contributed by atoms with Crippen LogP contribution in [0.2, 0.25) is 0 Å². The lowest BCUT2D eigenvalue weighted by molar-refractivity contribution is -0.116. The van der Waals surface area contributed by atoms with Crippen molar-refractivity contribution in [2.45, 2.75) is 13.0 Å². The topological polar surface area (TPSA) is 66.5 Å². The molecule has 0 radical (unpaired) electrons. The summed E-state index contributed by atoms with van der Waals surface area (Å²) in [7, 11) is -3.73. The molecule has 2 aromatic carbocycles. The normalized spacial score (nSPS) is 12.5. The summed E-state index contributed by atoms with van der Waals surface area (Å²) in [4.78, 5) is 12.3. The first-order chi connectivity index (χ1) is 11.2. The van der Waals surface area contributed by atoms with E-state index in [-0.39, 0.29) is 5.69 Å². The third-order valence-electron chi connectivity index (χ3n) is 3.29. The highest BCUT2D eigenvalue weighted by Gasteiger charge is 2.29. The zero-order chi connectivity index (χ0) is 17.9. The fourth-order valence-electron chi connectivity index (χ4n) is 2.20. The van der Waals surface area contributed by atoms with Crippen molar-refractivity contribution in [1.29, 1.82) is 0 Å². The number of para-hydroxylation sites is 1. The lowest BCUT2D eigenvalue weighted by atomic mass is 10.2. The molecule has 128 valence electrons. The molecule has 1 N–H and O–H groups in total. The molecule has 5 nitrogen and oxygen atoms in total. The second kappa shape index (κ2) is 6.96. The molecule has 0 aliphatic heterocycles. The quantitative estimate of drug-likeness (QED) is 0.898. The van der Waals surface area contributed by atoms with Crippen LogP contribution < -0.4 is 9.62 Å². The maximum absolute atomic E-state index is 13.2. The molecule has 24 heavy (non-hydrogen) atoms. The smallest absolute Gasteiger partial charge is 0.247 e. The van der Waals surface area contributed by atoms with Gasteiger partial charge in [0.15, 0.2) is 11.6 Å². The highest BCUT2D eigenvalue weighted by molar-refractivity contribution is 7.92. The molecule has 2 aromatic rings. The third kappa shape index (κ3) is 4.08. The third-order valence-corrected chi connectivity index (χ3v) is 4.53. The van der Waals surface area contributed by atoms with Gasteiger partial charge in [-0.2, -0.15) is 0 Å². The van der Waals surface area contributed by atoms with Gasteiger partial charge < -0.3 is 5.32 Å². The van der Waals surface area contributed by atoms with E-state index in [1.165, 1.54) is 13.0 Å². The Morgan fingerprint density at radius 1 is 1.08 bits per heavy atom. The maximum Gasteiger partial charge on any atom is 0.247 e.